The molecule has 3 aromatic carbocycles. The van der Waals surface area contributed by atoms with E-state index in [1.165, 1.54) is 18.5 Å². The van der Waals surface area contributed by atoms with Gasteiger partial charge < -0.3 is 19.4 Å². The Bertz CT molecular complexity index is 2970. The molecule has 54 heavy (non-hydrogen) atoms. The van der Waals surface area contributed by atoms with Crippen molar-refractivity contribution in [2.75, 3.05) is 0 Å². The molecule has 0 spiro atoms. The molecule has 6 heteroatoms. The van der Waals surface area contributed by atoms with Crippen LogP contribution in [0.5, 0.6) is 0 Å². The van der Waals surface area contributed by atoms with Gasteiger partial charge in [-0.2, -0.15) is 0 Å². The van der Waals surface area contributed by atoms with Gasteiger partial charge in [-0.25, -0.2) is 4.98 Å². The Balaban J connectivity index is 0.000000205. The number of fused-ring (bicyclic) bond motifs is 3. The fraction of sp³-hybridized carbons (Fsp3) is 0.208. The molecule has 1 aliphatic rings. The molecule has 270 valence electrons. The van der Waals surface area contributed by atoms with Crippen molar-refractivity contribution in [2.24, 2.45) is 0 Å². The minimum atomic E-state index is -3.61. The van der Waals surface area contributed by atoms with E-state index in [9.17, 15) is 0 Å². The van der Waals surface area contributed by atoms with Crippen LogP contribution < -0.4 is 0 Å². The first-order valence-corrected chi connectivity index (χ1v) is 16.7. The molecular formula is C48H43IrN4O. The quantitative estimate of drug-likeness (QED) is 0.161. The Morgan fingerprint density at radius 1 is 0.685 bits per heavy atom. The molecule has 0 N–H and O–H groups in total. The van der Waals surface area contributed by atoms with Crippen LogP contribution in [-0.4, -0.2) is 19.9 Å². The summed E-state index contributed by atoms with van der Waals surface area (Å²) in [4.78, 5) is 16.9. The van der Waals surface area contributed by atoms with Crippen LogP contribution in [0.25, 0.3) is 55.8 Å². The second-order valence-corrected chi connectivity index (χ2v) is 11.6. The van der Waals surface area contributed by atoms with E-state index in [-0.39, 0.29) is 36.9 Å². The van der Waals surface area contributed by atoms with E-state index in [0.29, 0.717) is 27.6 Å². The zero-order valence-corrected chi connectivity index (χ0v) is 31.3. The van der Waals surface area contributed by atoms with Gasteiger partial charge in [0.2, 0.25) is 5.71 Å². The molecule has 1 aliphatic carbocycles. The average molecular weight is 901 g/mol. The number of aryl methyl sites for hydroxylation is 3. The Morgan fingerprint density at radius 2 is 1.33 bits per heavy atom. The van der Waals surface area contributed by atoms with Crippen molar-refractivity contribution in [2.45, 2.75) is 64.8 Å². The molecule has 0 bridgehead atoms. The van der Waals surface area contributed by atoms with E-state index < -0.39 is 57.2 Å². The van der Waals surface area contributed by atoms with Gasteiger partial charge in [0.1, 0.15) is 0 Å². The molecule has 0 unspecified atom stereocenters. The summed E-state index contributed by atoms with van der Waals surface area (Å²) in [7, 11) is 0. The first-order chi connectivity index (χ1) is 32.6. The summed E-state index contributed by atoms with van der Waals surface area (Å²) in [6.45, 7) is -2.18. The molecule has 5 nitrogen and oxygen atoms in total. The van der Waals surface area contributed by atoms with Crippen LogP contribution in [-0.2, 0) is 26.5 Å². The van der Waals surface area contributed by atoms with Gasteiger partial charge in [0.25, 0.3) is 0 Å². The Labute approximate surface area is 356 Å². The zero-order chi connectivity index (χ0) is 51.3. The topological polar surface area (TPSA) is 64.7 Å². The monoisotopic (exact) mass is 901 g/mol. The van der Waals surface area contributed by atoms with Crippen molar-refractivity contribution in [3.63, 3.8) is 0 Å². The first kappa shape index (κ1) is 22.2. The summed E-state index contributed by atoms with van der Waals surface area (Å²) in [5.74, 6) is -3.29. The Kier molecular flexibility index (Phi) is 7.66. The largest absolute Gasteiger partial charge is 3.00 e. The molecule has 8 aromatic rings. The number of benzene rings is 3. The normalized spacial score (nSPS) is 22.9. The number of hydrogen-bond acceptors (Lipinski definition) is 5. The maximum atomic E-state index is 8.96. The van der Waals surface area contributed by atoms with Gasteiger partial charge in [0, 0.05) is 58.9 Å². The fourth-order valence-electron chi connectivity index (χ4n) is 5.32. The summed E-state index contributed by atoms with van der Waals surface area (Å²) in [6, 6.07) is 40.3. The number of furan rings is 1. The number of hydrogen-bond donors (Lipinski definition) is 0. The SMILES string of the molecule is [2H]C([2H])([2H])c1ccc(-c2[c-]cccc2)nc1.[2H]C([2H])([2H])c1ccc(-c2[c-]cccc2)nc1.[2H]C1([2H])C([2H])([2H])C([2H])([2H])C([2H])(c2ccc3c(n2)oc2c(-c4ccc(CC)cn4)[c-]ccc23)C([2H])([2H])C1([2H])[2H].[Ir+3]. The number of nitrogens with zero attached hydrogens (tertiary/aromatic N) is 4. The molecule has 5 heterocycles. The summed E-state index contributed by atoms with van der Waals surface area (Å²) in [6.07, 6.45) is -12.6. The van der Waals surface area contributed by atoms with Gasteiger partial charge in [0.05, 0.1) is 5.58 Å². The predicted molar refractivity (Wildman–Crippen MR) is 215 cm³/mol. The summed E-state index contributed by atoms with van der Waals surface area (Å²) in [5, 5.41) is 1.05. The number of rotatable bonds is 5. The van der Waals surface area contributed by atoms with Crippen LogP contribution >= 0.6 is 0 Å². The number of aromatic nitrogens is 4. The number of pyridine rings is 4. The van der Waals surface area contributed by atoms with Gasteiger partial charge in [-0.3, -0.25) is 0 Å². The maximum absolute atomic E-state index is 8.96. The molecule has 5 aromatic heterocycles. The predicted octanol–water partition coefficient (Wildman–Crippen LogP) is 12.2. The van der Waals surface area contributed by atoms with Gasteiger partial charge >= 0.3 is 20.1 Å². The van der Waals surface area contributed by atoms with Crippen molar-refractivity contribution in [3.05, 3.63) is 168 Å². The standard InChI is InChI=1S/C24H23N2O.2C12H10N.Ir/c1-2-16-11-13-22(25-15-16)20-10-6-9-18-19-12-14-21(17-7-4-3-5-8-17)26-24(19)27-23(18)20;2*1-10-7-8-12(13-9-10)11-5-3-2-4-6-11;/h6,9,11-15,17H,2-5,7-8H2,1H3;2*2-5,7-9H,1H3;/q3*-1;+3/i3D2,4D2,5D2,7D2,8D2,17D;2*1D3;. The third-order valence-corrected chi connectivity index (χ3v) is 8.04. The molecular weight excluding hydrogens is 841 g/mol. The van der Waals surface area contributed by atoms with Crippen LogP contribution in [0.15, 0.2) is 132 Å². The van der Waals surface area contributed by atoms with Gasteiger partial charge in [-0.15, -0.1) is 90.0 Å². The molecule has 0 radical (unpaired) electrons. The van der Waals surface area contributed by atoms with E-state index in [1.54, 1.807) is 54.7 Å². The van der Waals surface area contributed by atoms with Crippen LogP contribution in [0, 0.1) is 31.9 Å². The minimum absolute atomic E-state index is 0. The fourth-order valence-corrected chi connectivity index (χ4v) is 5.32. The van der Waals surface area contributed by atoms with Crippen LogP contribution in [0.4, 0.5) is 0 Å². The molecule has 0 atom stereocenters. The van der Waals surface area contributed by atoms with Crippen molar-refractivity contribution < 1.29 is 47.8 Å². The van der Waals surface area contributed by atoms with E-state index in [4.69, 9.17) is 27.7 Å². The molecule has 0 amide bonds. The van der Waals surface area contributed by atoms with E-state index in [1.807, 2.05) is 55.5 Å². The van der Waals surface area contributed by atoms with Gasteiger partial charge in [-0.1, -0.05) is 73.4 Å². The molecule has 1 fully saturated rings. The molecule has 0 saturated heterocycles. The van der Waals surface area contributed by atoms with E-state index >= 15 is 0 Å². The minimum Gasteiger partial charge on any atom is -0.486 e. The maximum Gasteiger partial charge on any atom is 3.00 e. The van der Waals surface area contributed by atoms with Crippen LogP contribution in [0.3, 0.4) is 0 Å². The van der Waals surface area contributed by atoms with E-state index in [0.717, 1.165) is 40.6 Å². The second kappa shape index (κ2) is 18.6. The second-order valence-electron chi connectivity index (χ2n) is 11.6. The van der Waals surface area contributed by atoms with Crippen molar-refractivity contribution in [1.82, 2.24) is 19.9 Å². The summed E-state index contributed by atoms with van der Waals surface area (Å²) < 4.78 is 141. The third kappa shape index (κ3) is 9.43. The van der Waals surface area contributed by atoms with Gasteiger partial charge in [-0.05, 0) is 78.8 Å². The van der Waals surface area contributed by atoms with Crippen molar-refractivity contribution >= 4 is 22.1 Å². The summed E-state index contributed by atoms with van der Waals surface area (Å²) in [5.41, 5.74) is 5.45. The molecule has 1 saturated carbocycles. The van der Waals surface area contributed by atoms with Crippen molar-refractivity contribution in [3.8, 4) is 33.8 Å². The van der Waals surface area contributed by atoms with E-state index in [2.05, 4.69) is 38.1 Å². The average Bonchev–Trinajstić information content (AvgIpc) is 3.72. The zero-order valence-electron chi connectivity index (χ0n) is 45.9. The molecule has 0 aliphatic heterocycles. The first-order valence-electron chi connectivity index (χ1n) is 25.2. The van der Waals surface area contributed by atoms with Crippen LogP contribution in [0.2, 0.25) is 0 Å². The molecule has 9 rings (SSSR count). The Hall–Kier alpha value is -5.29. The third-order valence-electron chi connectivity index (χ3n) is 8.04. The Morgan fingerprint density at radius 3 is 1.87 bits per heavy atom. The smallest absolute Gasteiger partial charge is 0.486 e. The van der Waals surface area contributed by atoms with Gasteiger partial charge in [0.15, 0.2) is 0 Å². The van der Waals surface area contributed by atoms with Crippen molar-refractivity contribution in [1.29, 1.82) is 0 Å². The van der Waals surface area contributed by atoms with Crippen LogP contribution in [0.1, 0.15) is 90.4 Å². The summed E-state index contributed by atoms with van der Waals surface area (Å²) >= 11 is 0.